The van der Waals surface area contributed by atoms with Crippen molar-refractivity contribution in [1.29, 1.82) is 0 Å². The van der Waals surface area contributed by atoms with Crippen LogP contribution in [0, 0.1) is 5.92 Å². The van der Waals surface area contributed by atoms with Crippen LogP contribution < -0.4 is 5.32 Å². The number of nitrogens with zero attached hydrogens (tertiary/aromatic N) is 1. The molecule has 1 amide bonds. The first-order valence-electron chi connectivity index (χ1n) is 6.84. The molecule has 18 heavy (non-hydrogen) atoms. The molecule has 0 spiro atoms. The Hall–Kier alpha value is -1.10. The van der Waals surface area contributed by atoms with E-state index in [1.165, 1.54) is 0 Å². The van der Waals surface area contributed by atoms with E-state index >= 15 is 0 Å². The molecule has 5 heteroatoms. The maximum absolute atomic E-state index is 11.9. The minimum Gasteiger partial charge on any atom is -0.466 e. The Morgan fingerprint density at radius 3 is 2.83 bits per heavy atom. The highest BCUT2D eigenvalue weighted by Crippen LogP contribution is 2.18. The molecular formula is C13H24N2O3. The van der Waals surface area contributed by atoms with Crippen LogP contribution in [-0.4, -0.2) is 49.6 Å². The van der Waals surface area contributed by atoms with E-state index in [0.717, 1.165) is 25.9 Å². The number of likely N-dealkylation sites (tertiary alicyclic amines) is 1. The molecule has 0 saturated carbocycles. The van der Waals surface area contributed by atoms with Crippen LogP contribution >= 0.6 is 0 Å². The highest BCUT2D eigenvalue weighted by atomic mass is 16.5. The zero-order valence-electron chi connectivity index (χ0n) is 11.4. The fraction of sp³-hybridized carbons (Fsp3) is 0.846. The molecular weight excluding hydrogens is 232 g/mol. The lowest BCUT2D eigenvalue weighted by Gasteiger charge is -2.31. The molecule has 0 radical (unpaired) electrons. The summed E-state index contributed by atoms with van der Waals surface area (Å²) in [6, 6.07) is 0. The molecule has 1 unspecified atom stereocenters. The van der Waals surface area contributed by atoms with Crippen molar-refractivity contribution in [1.82, 2.24) is 10.2 Å². The molecule has 104 valence electrons. The largest absolute Gasteiger partial charge is 0.466 e. The zero-order chi connectivity index (χ0) is 13.4. The summed E-state index contributed by atoms with van der Waals surface area (Å²) in [5.41, 5.74) is 0. The number of esters is 1. The number of hydrogen-bond donors (Lipinski definition) is 1. The molecule has 0 bridgehead atoms. The van der Waals surface area contributed by atoms with Gasteiger partial charge in [-0.05, 0) is 26.3 Å². The lowest BCUT2D eigenvalue weighted by Crippen LogP contribution is -2.43. The van der Waals surface area contributed by atoms with Gasteiger partial charge in [-0.25, -0.2) is 0 Å². The van der Waals surface area contributed by atoms with E-state index in [1.807, 2.05) is 6.92 Å². The van der Waals surface area contributed by atoms with Gasteiger partial charge in [-0.15, -0.1) is 0 Å². The molecule has 0 aliphatic carbocycles. The number of nitrogens with one attached hydrogen (secondary N) is 1. The van der Waals surface area contributed by atoms with Gasteiger partial charge < -0.3 is 15.0 Å². The number of ether oxygens (including phenoxy) is 1. The van der Waals surface area contributed by atoms with Gasteiger partial charge in [-0.1, -0.05) is 6.92 Å². The lowest BCUT2D eigenvalue weighted by molar-refractivity contribution is -0.151. The number of amides is 1. The summed E-state index contributed by atoms with van der Waals surface area (Å²) in [5, 5.41) is 3.13. The van der Waals surface area contributed by atoms with Crippen molar-refractivity contribution in [2.45, 2.75) is 33.1 Å². The normalized spacial score (nSPS) is 19.7. The number of rotatable bonds is 6. The molecule has 1 heterocycles. The van der Waals surface area contributed by atoms with Gasteiger partial charge in [0.15, 0.2) is 0 Å². The third-order valence-electron chi connectivity index (χ3n) is 3.16. The monoisotopic (exact) mass is 256 g/mol. The van der Waals surface area contributed by atoms with E-state index in [4.69, 9.17) is 4.74 Å². The second-order valence-corrected chi connectivity index (χ2v) is 4.53. The van der Waals surface area contributed by atoms with Gasteiger partial charge in [0.2, 0.25) is 5.91 Å². The minimum absolute atomic E-state index is 0.130. The van der Waals surface area contributed by atoms with Gasteiger partial charge in [0.1, 0.15) is 0 Å². The lowest BCUT2D eigenvalue weighted by atomic mass is 9.98. The van der Waals surface area contributed by atoms with Crippen LogP contribution in [0.25, 0.3) is 0 Å². The van der Waals surface area contributed by atoms with Gasteiger partial charge in [0, 0.05) is 26.1 Å². The fourth-order valence-electron chi connectivity index (χ4n) is 2.19. The van der Waals surface area contributed by atoms with Crippen LogP contribution in [0.3, 0.4) is 0 Å². The van der Waals surface area contributed by atoms with E-state index in [9.17, 15) is 9.59 Å². The number of piperidine rings is 1. The second-order valence-electron chi connectivity index (χ2n) is 4.53. The Labute approximate surface area is 109 Å². The van der Waals surface area contributed by atoms with Crippen molar-refractivity contribution in [3.05, 3.63) is 0 Å². The van der Waals surface area contributed by atoms with E-state index in [1.54, 1.807) is 11.8 Å². The zero-order valence-corrected chi connectivity index (χ0v) is 11.4. The number of hydrogen-bond acceptors (Lipinski definition) is 4. The van der Waals surface area contributed by atoms with Crippen molar-refractivity contribution in [3.63, 3.8) is 0 Å². The van der Waals surface area contributed by atoms with Gasteiger partial charge in [-0.2, -0.15) is 0 Å². The highest BCUT2D eigenvalue weighted by molar-refractivity contribution is 5.78. The van der Waals surface area contributed by atoms with Crippen LogP contribution in [0.5, 0.6) is 0 Å². The van der Waals surface area contributed by atoms with Crippen LogP contribution in [0.1, 0.15) is 33.1 Å². The molecule has 1 rings (SSSR count). The SMILES string of the molecule is CCNCCC(=O)N1CCCC(C(=O)OCC)C1. The molecule has 0 aromatic carbocycles. The van der Waals surface area contributed by atoms with Gasteiger partial charge >= 0.3 is 5.97 Å². The third-order valence-corrected chi connectivity index (χ3v) is 3.16. The van der Waals surface area contributed by atoms with Crippen molar-refractivity contribution in [2.75, 3.05) is 32.8 Å². The second kappa shape index (κ2) is 8.08. The topological polar surface area (TPSA) is 58.6 Å². The summed E-state index contributed by atoms with van der Waals surface area (Å²) in [4.78, 5) is 25.4. The Bertz CT molecular complexity index is 281. The molecule has 0 aromatic heterocycles. The summed E-state index contributed by atoms with van der Waals surface area (Å²) in [6.07, 6.45) is 2.22. The van der Waals surface area contributed by atoms with E-state index in [0.29, 0.717) is 26.1 Å². The Balaban J connectivity index is 2.38. The average Bonchev–Trinajstić information content (AvgIpc) is 2.39. The van der Waals surface area contributed by atoms with Gasteiger partial charge in [-0.3, -0.25) is 9.59 Å². The summed E-state index contributed by atoms with van der Waals surface area (Å²) >= 11 is 0. The molecule has 1 fully saturated rings. The maximum Gasteiger partial charge on any atom is 0.310 e. The quantitative estimate of drug-likeness (QED) is 0.564. The summed E-state index contributed by atoms with van der Waals surface area (Å²) in [6.45, 7) is 7.09. The fourth-order valence-corrected chi connectivity index (χ4v) is 2.19. The van der Waals surface area contributed by atoms with Crippen LogP contribution in [0.4, 0.5) is 0 Å². The number of carbonyl (C=O) groups is 2. The van der Waals surface area contributed by atoms with Crippen LogP contribution in [0.2, 0.25) is 0 Å². The van der Waals surface area contributed by atoms with Crippen LogP contribution in [0.15, 0.2) is 0 Å². The minimum atomic E-state index is -0.165. The molecule has 0 aromatic rings. The van der Waals surface area contributed by atoms with Gasteiger partial charge in [0.05, 0.1) is 12.5 Å². The molecule has 5 nitrogen and oxygen atoms in total. The van der Waals surface area contributed by atoms with Crippen molar-refractivity contribution < 1.29 is 14.3 Å². The summed E-state index contributed by atoms with van der Waals surface area (Å²) in [5.74, 6) is -0.173. The van der Waals surface area contributed by atoms with Crippen LogP contribution in [-0.2, 0) is 14.3 Å². The molecule has 1 N–H and O–H groups in total. The predicted molar refractivity (Wildman–Crippen MR) is 69.1 cm³/mol. The van der Waals surface area contributed by atoms with Crippen molar-refractivity contribution in [2.24, 2.45) is 5.92 Å². The van der Waals surface area contributed by atoms with E-state index in [-0.39, 0.29) is 17.8 Å². The molecule has 1 aliphatic rings. The van der Waals surface area contributed by atoms with Crippen molar-refractivity contribution >= 4 is 11.9 Å². The summed E-state index contributed by atoms with van der Waals surface area (Å²) in [7, 11) is 0. The Morgan fingerprint density at radius 1 is 1.39 bits per heavy atom. The summed E-state index contributed by atoms with van der Waals surface area (Å²) < 4.78 is 5.02. The first-order chi connectivity index (χ1) is 8.69. The van der Waals surface area contributed by atoms with E-state index in [2.05, 4.69) is 5.32 Å². The third kappa shape index (κ3) is 4.64. The maximum atomic E-state index is 11.9. The average molecular weight is 256 g/mol. The Morgan fingerprint density at radius 2 is 2.17 bits per heavy atom. The van der Waals surface area contributed by atoms with E-state index < -0.39 is 0 Å². The number of carbonyl (C=O) groups excluding carboxylic acids is 2. The highest BCUT2D eigenvalue weighted by Gasteiger charge is 2.28. The first kappa shape index (κ1) is 15.0. The molecule has 1 saturated heterocycles. The smallest absolute Gasteiger partial charge is 0.310 e. The predicted octanol–water partition coefficient (Wildman–Crippen LogP) is 0.788. The first-order valence-corrected chi connectivity index (χ1v) is 6.84. The van der Waals surface area contributed by atoms with Gasteiger partial charge in [0.25, 0.3) is 0 Å². The molecule has 1 atom stereocenters. The molecule has 1 aliphatic heterocycles. The Kier molecular flexibility index (Phi) is 6.72. The van der Waals surface area contributed by atoms with Crippen molar-refractivity contribution in [3.8, 4) is 0 Å². The standard InChI is InChI=1S/C13H24N2O3/c1-3-14-8-7-12(16)15-9-5-6-11(10-15)13(17)18-4-2/h11,14H,3-10H2,1-2H3.